The number of fused-ring (bicyclic) bond motifs is 1. The number of nitrogens with one attached hydrogen (secondary N) is 1. The van der Waals surface area contributed by atoms with E-state index in [0.717, 1.165) is 46.9 Å². The number of halogens is 1. The quantitative estimate of drug-likeness (QED) is 0.618. The van der Waals surface area contributed by atoms with E-state index >= 15 is 0 Å². The first-order valence-corrected chi connectivity index (χ1v) is 10.6. The summed E-state index contributed by atoms with van der Waals surface area (Å²) in [4.78, 5) is 28.0. The second kappa shape index (κ2) is 8.41. The SMILES string of the molecule is Cc1c(C(=O)NC(Cc2ccccc2)C(=O)N2CCCC2)oc2ccc(Br)cc12. The Balaban J connectivity index is 1.60. The minimum Gasteiger partial charge on any atom is -0.451 e. The third-order valence-corrected chi connectivity index (χ3v) is 5.90. The van der Waals surface area contributed by atoms with Crippen LogP contribution in [0.3, 0.4) is 0 Å². The normalized spacial score (nSPS) is 14.9. The van der Waals surface area contributed by atoms with Crippen molar-refractivity contribution in [3.63, 3.8) is 0 Å². The van der Waals surface area contributed by atoms with Crippen LogP contribution in [-0.4, -0.2) is 35.8 Å². The third-order valence-electron chi connectivity index (χ3n) is 5.41. The topological polar surface area (TPSA) is 62.6 Å². The highest BCUT2D eigenvalue weighted by atomic mass is 79.9. The number of likely N-dealkylation sites (tertiary alicyclic amines) is 1. The second-order valence-corrected chi connectivity index (χ2v) is 8.36. The molecule has 2 heterocycles. The van der Waals surface area contributed by atoms with Crippen molar-refractivity contribution in [1.29, 1.82) is 0 Å². The maximum Gasteiger partial charge on any atom is 0.287 e. The molecule has 0 spiro atoms. The van der Waals surface area contributed by atoms with E-state index in [1.54, 1.807) is 0 Å². The number of rotatable bonds is 5. The highest BCUT2D eigenvalue weighted by Crippen LogP contribution is 2.28. The van der Waals surface area contributed by atoms with Crippen LogP contribution in [0.5, 0.6) is 0 Å². The Morgan fingerprint density at radius 3 is 2.59 bits per heavy atom. The average Bonchev–Trinajstić information content (AvgIpc) is 3.36. The molecule has 150 valence electrons. The summed E-state index contributed by atoms with van der Waals surface area (Å²) >= 11 is 3.45. The summed E-state index contributed by atoms with van der Waals surface area (Å²) in [6.45, 7) is 3.36. The van der Waals surface area contributed by atoms with Gasteiger partial charge in [0.2, 0.25) is 5.91 Å². The van der Waals surface area contributed by atoms with Crippen LogP contribution in [0.15, 0.2) is 57.4 Å². The Morgan fingerprint density at radius 2 is 1.86 bits per heavy atom. The molecular formula is C23H23BrN2O3. The van der Waals surface area contributed by atoms with Crippen molar-refractivity contribution in [3.05, 3.63) is 69.9 Å². The van der Waals surface area contributed by atoms with Crippen LogP contribution in [0.2, 0.25) is 0 Å². The first-order chi connectivity index (χ1) is 14.0. The van der Waals surface area contributed by atoms with E-state index in [2.05, 4.69) is 21.2 Å². The molecule has 4 rings (SSSR count). The zero-order valence-corrected chi connectivity index (χ0v) is 17.9. The molecule has 0 bridgehead atoms. The molecule has 1 aliphatic rings. The summed E-state index contributed by atoms with van der Waals surface area (Å²) in [5, 5.41) is 3.82. The molecule has 0 radical (unpaired) electrons. The Hall–Kier alpha value is -2.60. The van der Waals surface area contributed by atoms with Gasteiger partial charge in [-0.15, -0.1) is 0 Å². The van der Waals surface area contributed by atoms with Crippen molar-refractivity contribution in [1.82, 2.24) is 10.2 Å². The highest BCUT2D eigenvalue weighted by molar-refractivity contribution is 9.10. The number of hydrogen-bond acceptors (Lipinski definition) is 3. The van der Waals surface area contributed by atoms with E-state index in [-0.39, 0.29) is 17.6 Å². The first-order valence-electron chi connectivity index (χ1n) is 9.85. The van der Waals surface area contributed by atoms with Crippen LogP contribution in [-0.2, 0) is 11.2 Å². The zero-order valence-electron chi connectivity index (χ0n) is 16.3. The summed E-state index contributed by atoms with van der Waals surface area (Å²) in [6, 6.07) is 14.8. The molecule has 1 unspecified atom stereocenters. The average molecular weight is 455 g/mol. The first kappa shape index (κ1) is 19.7. The Bertz CT molecular complexity index is 1040. The lowest BCUT2D eigenvalue weighted by Gasteiger charge is -2.24. The predicted molar refractivity (Wildman–Crippen MR) is 116 cm³/mol. The van der Waals surface area contributed by atoms with Gasteiger partial charge in [0, 0.05) is 34.9 Å². The van der Waals surface area contributed by atoms with Gasteiger partial charge in [-0.05, 0) is 43.5 Å². The number of carbonyl (C=O) groups is 2. The van der Waals surface area contributed by atoms with Gasteiger partial charge in [0.25, 0.3) is 5.91 Å². The van der Waals surface area contributed by atoms with E-state index in [4.69, 9.17) is 4.42 Å². The maximum absolute atomic E-state index is 13.1. The van der Waals surface area contributed by atoms with Gasteiger partial charge in [-0.3, -0.25) is 9.59 Å². The summed E-state index contributed by atoms with van der Waals surface area (Å²) in [5.74, 6) is -0.134. The van der Waals surface area contributed by atoms with Crippen molar-refractivity contribution >= 4 is 38.7 Å². The van der Waals surface area contributed by atoms with Crippen LogP contribution >= 0.6 is 15.9 Å². The Kier molecular flexibility index (Phi) is 5.72. The van der Waals surface area contributed by atoms with Crippen LogP contribution in [0.4, 0.5) is 0 Å². The van der Waals surface area contributed by atoms with Gasteiger partial charge >= 0.3 is 0 Å². The largest absolute Gasteiger partial charge is 0.451 e. The number of furan rings is 1. The Morgan fingerprint density at radius 1 is 1.14 bits per heavy atom. The summed E-state index contributed by atoms with van der Waals surface area (Å²) in [6.07, 6.45) is 2.47. The fourth-order valence-electron chi connectivity index (χ4n) is 3.84. The fraction of sp³-hybridized carbons (Fsp3) is 0.304. The van der Waals surface area contributed by atoms with Crippen molar-refractivity contribution in [3.8, 4) is 0 Å². The number of carbonyl (C=O) groups excluding carboxylic acids is 2. The maximum atomic E-state index is 13.1. The van der Waals surface area contributed by atoms with Crippen LogP contribution in [0.25, 0.3) is 11.0 Å². The third kappa shape index (κ3) is 4.22. The van der Waals surface area contributed by atoms with E-state index in [0.29, 0.717) is 12.0 Å². The van der Waals surface area contributed by atoms with Crippen LogP contribution < -0.4 is 5.32 Å². The predicted octanol–water partition coefficient (Wildman–Crippen LogP) is 4.47. The molecule has 1 saturated heterocycles. The summed E-state index contributed by atoms with van der Waals surface area (Å²) < 4.78 is 6.74. The van der Waals surface area contributed by atoms with Gasteiger partial charge in [0.1, 0.15) is 11.6 Å². The molecule has 0 saturated carbocycles. The fourth-order valence-corrected chi connectivity index (χ4v) is 4.20. The van der Waals surface area contributed by atoms with Crippen molar-refractivity contribution < 1.29 is 14.0 Å². The van der Waals surface area contributed by atoms with Gasteiger partial charge in [-0.1, -0.05) is 46.3 Å². The molecule has 1 atom stereocenters. The van der Waals surface area contributed by atoms with E-state index in [1.807, 2.05) is 60.4 Å². The number of aryl methyl sites for hydroxylation is 1. The number of nitrogens with zero attached hydrogens (tertiary/aromatic N) is 1. The lowest BCUT2D eigenvalue weighted by atomic mass is 10.0. The minimum absolute atomic E-state index is 0.0313. The number of benzene rings is 2. The van der Waals surface area contributed by atoms with Gasteiger partial charge in [-0.25, -0.2) is 0 Å². The second-order valence-electron chi connectivity index (χ2n) is 7.44. The monoisotopic (exact) mass is 454 g/mol. The van der Waals surface area contributed by atoms with Gasteiger partial charge < -0.3 is 14.6 Å². The molecule has 1 fully saturated rings. The van der Waals surface area contributed by atoms with E-state index in [9.17, 15) is 9.59 Å². The number of hydrogen-bond donors (Lipinski definition) is 1. The van der Waals surface area contributed by atoms with Crippen LogP contribution in [0, 0.1) is 6.92 Å². The van der Waals surface area contributed by atoms with Gasteiger partial charge in [0.05, 0.1) is 0 Å². The molecule has 5 nitrogen and oxygen atoms in total. The van der Waals surface area contributed by atoms with Crippen molar-refractivity contribution in [2.75, 3.05) is 13.1 Å². The molecule has 0 aliphatic carbocycles. The molecule has 1 N–H and O–H groups in total. The van der Waals surface area contributed by atoms with Crippen molar-refractivity contribution in [2.24, 2.45) is 0 Å². The molecule has 1 aliphatic heterocycles. The molecule has 1 aromatic heterocycles. The highest BCUT2D eigenvalue weighted by Gasteiger charge is 2.30. The number of amides is 2. The molecule has 29 heavy (non-hydrogen) atoms. The molecular weight excluding hydrogens is 432 g/mol. The lowest BCUT2D eigenvalue weighted by Crippen LogP contribution is -2.49. The standard InChI is InChI=1S/C23H23BrN2O3/c1-15-18-14-17(24)9-10-20(18)29-21(15)22(27)25-19(13-16-7-3-2-4-8-16)23(28)26-11-5-6-12-26/h2-4,7-10,14,19H,5-6,11-13H2,1H3,(H,25,27). The summed E-state index contributed by atoms with van der Waals surface area (Å²) in [5.41, 5.74) is 2.43. The van der Waals surface area contributed by atoms with E-state index in [1.165, 1.54) is 0 Å². The molecule has 3 aromatic rings. The lowest BCUT2D eigenvalue weighted by molar-refractivity contribution is -0.132. The van der Waals surface area contributed by atoms with Crippen molar-refractivity contribution in [2.45, 2.75) is 32.2 Å². The van der Waals surface area contributed by atoms with E-state index < -0.39 is 6.04 Å². The summed E-state index contributed by atoms with van der Waals surface area (Å²) in [7, 11) is 0. The molecule has 2 aromatic carbocycles. The molecule has 6 heteroatoms. The smallest absolute Gasteiger partial charge is 0.287 e. The van der Waals surface area contributed by atoms with Gasteiger partial charge in [0.15, 0.2) is 5.76 Å². The minimum atomic E-state index is -0.623. The zero-order chi connectivity index (χ0) is 20.4. The van der Waals surface area contributed by atoms with Gasteiger partial charge in [-0.2, -0.15) is 0 Å². The molecule has 2 amide bonds. The van der Waals surface area contributed by atoms with Crippen LogP contribution in [0.1, 0.15) is 34.5 Å². The Labute approximate surface area is 178 Å².